The number of likely N-dealkylation sites (tertiary alicyclic amines) is 1. The monoisotopic (exact) mass is 213 g/mol. The zero-order chi connectivity index (χ0) is 11.8. The summed E-state index contributed by atoms with van der Waals surface area (Å²) in [5.74, 6) is -1.60. The van der Waals surface area contributed by atoms with Crippen molar-refractivity contribution in [3.63, 3.8) is 0 Å². The molecule has 0 radical (unpaired) electrons. The molecule has 1 amide bonds. The van der Waals surface area contributed by atoms with Gasteiger partial charge < -0.3 is 10.0 Å². The zero-order valence-electron chi connectivity index (χ0n) is 9.11. The van der Waals surface area contributed by atoms with E-state index in [9.17, 15) is 14.4 Å². The molecule has 0 aromatic rings. The molecule has 1 heterocycles. The Kier molecular flexibility index (Phi) is 2.83. The highest BCUT2D eigenvalue weighted by Gasteiger charge is 2.42. The highest BCUT2D eigenvalue weighted by Crippen LogP contribution is 2.23. The number of amides is 1. The van der Waals surface area contributed by atoms with Crippen molar-refractivity contribution in [1.82, 2.24) is 4.90 Å². The maximum Gasteiger partial charge on any atom is 0.326 e. The van der Waals surface area contributed by atoms with Gasteiger partial charge >= 0.3 is 5.97 Å². The van der Waals surface area contributed by atoms with E-state index in [-0.39, 0.29) is 24.7 Å². The molecule has 1 rings (SSSR count). The van der Waals surface area contributed by atoms with Crippen LogP contribution < -0.4 is 0 Å². The summed E-state index contributed by atoms with van der Waals surface area (Å²) in [5, 5.41) is 8.87. The first-order chi connectivity index (χ1) is 6.73. The zero-order valence-corrected chi connectivity index (χ0v) is 9.11. The third-order valence-electron chi connectivity index (χ3n) is 2.33. The summed E-state index contributed by atoms with van der Waals surface area (Å²) in [7, 11) is 0. The van der Waals surface area contributed by atoms with E-state index in [1.807, 2.05) is 0 Å². The molecule has 0 saturated carbocycles. The predicted octanol–water partition coefficient (Wildman–Crippen LogP) is 0.287. The molecule has 1 saturated heterocycles. The Morgan fingerprint density at radius 1 is 1.40 bits per heavy atom. The van der Waals surface area contributed by atoms with Gasteiger partial charge in [0.05, 0.1) is 6.54 Å². The minimum absolute atomic E-state index is 0.0723. The lowest BCUT2D eigenvalue weighted by atomic mass is 9.94. The van der Waals surface area contributed by atoms with Gasteiger partial charge in [0.25, 0.3) is 0 Å². The van der Waals surface area contributed by atoms with Gasteiger partial charge in [-0.2, -0.15) is 0 Å². The maximum atomic E-state index is 11.8. The summed E-state index contributed by atoms with van der Waals surface area (Å²) >= 11 is 0. The van der Waals surface area contributed by atoms with Crippen molar-refractivity contribution in [2.24, 2.45) is 5.41 Å². The van der Waals surface area contributed by atoms with E-state index < -0.39 is 17.4 Å². The molecule has 1 unspecified atom stereocenters. The average molecular weight is 213 g/mol. The number of carboxylic acid groups (broad SMARTS) is 1. The van der Waals surface area contributed by atoms with E-state index >= 15 is 0 Å². The molecule has 0 bridgehead atoms. The minimum Gasteiger partial charge on any atom is -0.480 e. The molecule has 0 aromatic carbocycles. The Hall–Kier alpha value is -1.39. The molecule has 1 aliphatic heterocycles. The number of rotatable bonds is 1. The molecule has 1 atom stereocenters. The largest absolute Gasteiger partial charge is 0.480 e. The quantitative estimate of drug-likeness (QED) is 0.679. The van der Waals surface area contributed by atoms with Gasteiger partial charge in [0.15, 0.2) is 5.78 Å². The maximum absolute atomic E-state index is 11.8. The lowest BCUT2D eigenvalue weighted by Gasteiger charge is -2.27. The predicted molar refractivity (Wildman–Crippen MR) is 52.2 cm³/mol. The van der Waals surface area contributed by atoms with Gasteiger partial charge in [-0.1, -0.05) is 20.8 Å². The topological polar surface area (TPSA) is 74.7 Å². The van der Waals surface area contributed by atoms with Crippen molar-refractivity contribution in [2.45, 2.75) is 33.2 Å². The molecular weight excluding hydrogens is 198 g/mol. The summed E-state index contributed by atoms with van der Waals surface area (Å²) in [5.41, 5.74) is -0.654. The van der Waals surface area contributed by atoms with Gasteiger partial charge in [0.1, 0.15) is 6.04 Å². The first-order valence-corrected chi connectivity index (χ1v) is 4.79. The number of carbonyl (C=O) groups excluding carboxylic acids is 2. The van der Waals surface area contributed by atoms with E-state index in [2.05, 4.69) is 0 Å². The fourth-order valence-electron chi connectivity index (χ4n) is 1.56. The molecule has 1 aliphatic rings. The molecule has 15 heavy (non-hydrogen) atoms. The average Bonchev–Trinajstić information content (AvgIpc) is 2.44. The fourth-order valence-corrected chi connectivity index (χ4v) is 1.56. The molecule has 5 heteroatoms. The van der Waals surface area contributed by atoms with Crippen LogP contribution >= 0.6 is 0 Å². The number of ketones is 1. The van der Waals surface area contributed by atoms with Crippen LogP contribution in [0.2, 0.25) is 0 Å². The number of hydrogen-bond acceptors (Lipinski definition) is 3. The van der Waals surface area contributed by atoms with Crippen LogP contribution in [0.25, 0.3) is 0 Å². The van der Waals surface area contributed by atoms with Crippen LogP contribution in [0.5, 0.6) is 0 Å². The van der Waals surface area contributed by atoms with Crippen LogP contribution in [-0.2, 0) is 14.4 Å². The molecule has 1 N–H and O–H groups in total. The summed E-state index contributed by atoms with van der Waals surface area (Å²) in [4.78, 5) is 35.0. The van der Waals surface area contributed by atoms with Crippen molar-refractivity contribution < 1.29 is 19.5 Å². The smallest absolute Gasteiger partial charge is 0.326 e. The number of nitrogens with zero attached hydrogens (tertiary/aromatic N) is 1. The molecule has 0 aliphatic carbocycles. The SMILES string of the molecule is CC(C)(C)C(=O)N1CC(=O)CC1C(=O)O. The number of Topliss-reactive ketones (excluding diaryl/α,β-unsaturated/α-hetero) is 1. The second-order valence-electron chi connectivity index (χ2n) is 4.78. The summed E-state index contributed by atoms with van der Waals surface area (Å²) in [6.45, 7) is 5.04. The van der Waals surface area contributed by atoms with E-state index in [0.717, 1.165) is 4.90 Å². The number of hydrogen-bond donors (Lipinski definition) is 1. The normalized spacial score (nSPS) is 21.9. The van der Waals surface area contributed by atoms with Crippen LogP contribution in [0.1, 0.15) is 27.2 Å². The van der Waals surface area contributed by atoms with Crippen molar-refractivity contribution in [3.8, 4) is 0 Å². The van der Waals surface area contributed by atoms with Crippen LogP contribution in [0, 0.1) is 5.41 Å². The van der Waals surface area contributed by atoms with Gasteiger partial charge in [0, 0.05) is 11.8 Å². The van der Waals surface area contributed by atoms with Crippen LogP contribution in [-0.4, -0.2) is 40.3 Å². The van der Waals surface area contributed by atoms with E-state index in [0.29, 0.717) is 0 Å². The van der Waals surface area contributed by atoms with Crippen molar-refractivity contribution >= 4 is 17.7 Å². The van der Waals surface area contributed by atoms with Gasteiger partial charge in [-0.05, 0) is 0 Å². The van der Waals surface area contributed by atoms with Gasteiger partial charge in [0.2, 0.25) is 5.91 Å². The summed E-state index contributed by atoms with van der Waals surface area (Å²) in [6, 6.07) is -0.982. The Labute approximate surface area is 88.1 Å². The molecule has 5 nitrogen and oxygen atoms in total. The highest BCUT2D eigenvalue weighted by molar-refractivity contribution is 5.97. The lowest BCUT2D eigenvalue weighted by Crippen LogP contribution is -2.45. The second-order valence-corrected chi connectivity index (χ2v) is 4.78. The Morgan fingerprint density at radius 2 is 1.93 bits per heavy atom. The summed E-state index contributed by atoms with van der Waals surface area (Å²) in [6.07, 6.45) is -0.0723. The molecule has 84 valence electrons. The molecule has 0 aromatic heterocycles. The summed E-state index contributed by atoms with van der Waals surface area (Å²) < 4.78 is 0. The minimum atomic E-state index is -1.11. The lowest BCUT2D eigenvalue weighted by molar-refractivity contribution is -0.151. The molecular formula is C10H15NO4. The fraction of sp³-hybridized carbons (Fsp3) is 0.700. The molecule has 0 spiro atoms. The Bertz CT molecular complexity index is 316. The number of aliphatic carboxylic acids is 1. The van der Waals surface area contributed by atoms with Crippen LogP contribution in [0.15, 0.2) is 0 Å². The first-order valence-electron chi connectivity index (χ1n) is 4.79. The van der Waals surface area contributed by atoms with Gasteiger partial charge in [-0.15, -0.1) is 0 Å². The Balaban J connectivity index is 2.89. The number of carboxylic acids is 1. The molecule has 1 fully saturated rings. The standard InChI is InChI=1S/C10H15NO4/c1-10(2,3)9(15)11-5-6(12)4-7(11)8(13)14/h7H,4-5H2,1-3H3,(H,13,14). The van der Waals surface area contributed by atoms with Gasteiger partial charge in [-0.25, -0.2) is 4.79 Å². The third-order valence-corrected chi connectivity index (χ3v) is 2.33. The van der Waals surface area contributed by atoms with Crippen molar-refractivity contribution in [1.29, 1.82) is 0 Å². The van der Waals surface area contributed by atoms with Crippen LogP contribution in [0.3, 0.4) is 0 Å². The second kappa shape index (κ2) is 3.64. The highest BCUT2D eigenvalue weighted by atomic mass is 16.4. The van der Waals surface area contributed by atoms with Gasteiger partial charge in [-0.3, -0.25) is 9.59 Å². The van der Waals surface area contributed by atoms with E-state index in [1.165, 1.54) is 0 Å². The number of carbonyl (C=O) groups is 3. The first kappa shape index (κ1) is 11.7. The van der Waals surface area contributed by atoms with Crippen molar-refractivity contribution in [2.75, 3.05) is 6.54 Å². The Morgan fingerprint density at radius 3 is 2.33 bits per heavy atom. The van der Waals surface area contributed by atoms with E-state index in [4.69, 9.17) is 5.11 Å². The van der Waals surface area contributed by atoms with Crippen molar-refractivity contribution in [3.05, 3.63) is 0 Å². The van der Waals surface area contributed by atoms with Crippen LogP contribution in [0.4, 0.5) is 0 Å². The third kappa shape index (κ3) is 2.34. The van der Waals surface area contributed by atoms with E-state index in [1.54, 1.807) is 20.8 Å².